The van der Waals surface area contributed by atoms with Gasteiger partial charge in [-0.15, -0.1) is 6.42 Å². The number of amides is 1. The Labute approximate surface area is 171 Å². The minimum atomic E-state index is -0.0712. The molecule has 0 N–H and O–H groups in total. The highest BCUT2D eigenvalue weighted by Gasteiger charge is 2.31. The molecule has 1 saturated heterocycles. The number of carbonyl (C=O) groups is 1. The first kappa shape index (κ1) is 19.1. The van der Waals surface area contributed by atoms with E-state index in [0.29, 0.717) is 18.1 Å². The van der Waals surface area contributed by atoms with Gasteiger partial charge in [-0.3, -0.25) is 14.6 Å². The van der Waals surface area contributed by atoms with Gasteiger partial charge in [0.2, 0.25) is 0 Å². The lowest BCUT2D eigenvalue weighted by atomic mass is 10.1. The third-order valence-electron chi connectivity index (χ3n) is 5.10. The Morgan fingerprint density at radius 3 is 2.45 bits per heavy atom. The summed E-state index contributed by atoms with van der Waals surface area (Å²) >= 11 is 0. The fraction of sp³-hybridized carbons (Fsp3) is 0.250. The van der Waals surface area contributed by atoms with Crippen LogP contribution in [0.3, 0.4) is 0 Å². The van der Waals surface area contributed by atoms with E-state index in [1.807, 2.05) is 60.7 Å². The van der Waals surface area contributed by atoms with Crippen molar-refractivity contribution >= 4 is 17.8 Å². The zero-order valence-electron chi connectivity index (χ0n) is 16.3. The number of terminal acetylenes is 1. The van der Waals surface area contributed by atoms with Gasteiger partial charge in [0.25, 0.3) is 5.91 Å². The van der Waals surface area contributed by atoms with E-state index >= 15 is 0 Å². The Kier molecular flexibility index (Phi) is 5.85. The van der Waals surface area contributed by atoms with Crippen molar-refractivity contribution in [2.75, 3.05) is 39.4 Å². The summed E-state index contributed by atoms with van der Waals surface area (Å²) in [6.07, 6.45) is 7.24. The van der Waals surface area contributed by atoms with Crippen LogP contribution in [0.5, 0.6) is 0 Å². The molecule has 2 heterocycles. The van der Waals surface area contributed by atoms with E-state index in [4.69, 9.17) is 16.2 Å². The van der Waals surface area contributed by atoms with E-state index in [2.05, 4.69) is 10.8 Å². The molecule has 0 aromatic heterocycles. The molecule has 0 unspecified atom stereocenters. The van der Waals surface area contributed by atoms with Gasteiger partial charge >= 0.3 is 0 Å². The maximum Gasteiger partial charge on any atom is 0.278 e. The van der Waals surface area contributed by atoms with Gasteiger partial charge in [-0.1, -0.05) is 48.4 Å². The molecule has 1 fully saturated rings. The number of nitrogens with zero attached hydrogens (tertiary/aromatic N) is 3. The topological polar surface area (TPSA) is 45.1 Å². The van der Waals surface area contributed by atoms with E-state index < -0.39 is 0 Å². The van der Waals surface area contributed by atoms with Crippen molar-refractivity contribution in [1.82, 2.24) is 9.80 Å². The van der Waals surface area contributed by atoms with Crippen molar-refractivity contribution in [2.24, 2.45) is 4.99 Å². The summed E-state index contributed by atoms with van der Waals surface area (Å²) in [5.41, 5.74) is 3.09. The number of benzene rings is 2. The average molecular weight is 385 g/mol. The predicted octanol–water partition coefficient (Wildman–Crippen LogP) is 2.63. The van der Waals surface area contributed by atoms with Gasteiger partial charge in [-0.2, -0.15) is 0 Å². The van der Waals surface area contributed by atoms with Gasteiger partial charge in [0.1, 0.15) is 11.5 Å². The van der Waals surface area contributed by atoms with Crippen LogP contribution in [0.1, 0.15) is 16.7 Å². The summed E-state index contributed by atoms with van der Waals surface area (Å²) in [6, 6.07) is 17.4. The minimum Gasteiger partial charge on any atom is -0.379 e. The van der Waals surface area contributed by atoms with Crippen LogP contribution in [0.15, 0.2) is 65.3 Å². The molecule has 4 rings (SSSR count). The first-order chi connectivity index (χ1) is 14.2. The highest BCUT2D eigenvalue weighted by molar-refractivity contribution is 6.19. The fourth-order valence-corrected chi connectivity index (χ4v) is 3.47. The summed E-state index contributed by atoms with van der Waals surface area (Å²) in [5, 5.41) is 0. The van der Waals surface area contributed by atoms with Crippen molar-refractivity contribution < 1.29 is 9.53 Å². The molecule has 0 spiro atoms. The molecule has 2 aliphatic rings. The molecular formula is C24H23N3O2. The second-order valence-corrected chi connectivity index (χ2v) is 7.01. The quantitative estimate of drug-likeness (QED) is 0.587. The first-order valence-electron chi connectivity index (χ1n) is 9.79. The Morgan fingerprint density at radius 1 is 1.03 bits per heavy atom. The third kappa shape index (κ3) is 4.45. The van der Waals surface area contributed by atoms with E-state index in [1.165, 1.54) is 0 Å². The summed E-state index contributed by atoms with van der Waals surface area (Å²) in [7, 11) is 0. The largest absolute Gasteiger partial charge is 0.379 e. The maximum absolute atomic E-state index is 13.2. The first-order valence-corrected chi connectivity index (χ1v) is 9.79. The second-order valence-electron chi connectivity index (χ2n) is 7.01. The third-order valence-corrected chi connectivity index (χ3v) is 5.10. The summed E-state index contributed by atoms with van der Waals surface area (Å²) in [6.45, 7) is 4.66. The predicted molar refractivity (Wildman–Crippen MR) is 114 cm³/mol. The Morgan fingerprint density at radius 2 is 1.76 bits per heavy atom. The number of hydrogen-bond donors (Lipinski definition) is 0. The zero-order chi connectivity index (χ0) is 20.1. The lowest BCUT2D eigenvalue weighted by molar-refractivity contribution is -0.122. The molecule has 5 heteroatoms. The molecular weight excluding hydrogens is 362 g/mol. The number of morpholine rings is 1. The highest BCUT2D eigenvalue weighted by Crippen LogP contribution is 2.22. The summed E-state index contributed by atoms with van der Waals surface area (Å²) < 4.78 is 5.42. The molecule has 5 nitrogen and oxygen atoms in total. The van der Waals surface area contributed by atoms with Gasteiger partial charge < -0.3 is 4.74 Å². The van der Waals surface area contributed by atoms with Gasteiger partial charge in [-0.05, 0) is 23.8 Å². The Bertz CT molecular complexity index is 965. The molecule has 2 aliphatic heterocycles. The molecule has 0 aliphatic carbocycles. The lowest BCUT2D eigenvalue weighted by Gasteiger charge is -2.28. The second kappa shape index (κ2) is 8.87. The van der Waals surface area contributed by atoms with Gasteiger partial charge in [0.15, 0.2) is 0 Å². The van der Waals surface area contributed by atoms with Crippen LogP contribution in [-0.2, 0) is 9.53 Å². The fourth-order valence-electron chi connectivity index (χ4n) is 3.47. The lowest BCUT2D eigenvalue weighted by Crippen LogP contribution is -2.43. The van der Waals surface area contributed by atoms with Gasteiger partial charge in [-0.25, -0.2) is 4.99 Å². The molecule has 2 aromatic rings. The number of amidine groups is 1. The normalized spacial score (nSPS) is 18.7. The smallest absolute Gasteiger partial charge is 0.278 e. The zero-order valence-corrected chi connectivity index (χ0v) is 16.3. The maximum atomic E-state index is 13.2. The van der Waals surface area contributed by atoms with Gasteiger partial charge in [0.05, 0.1) is 13.2 Å². The SMILES string of the molecule is C#Cc1ccc(C=C2N=C(c3ccccc3)N(CCN3CCOCC3)C2=O)cc1. The van der Waals surface area contributed by atoms with E-state index in [1.54, 1.807) is 4.90 Å². The molecule has 1 amide bonds. The van der Waals surface area contributed by atoms with E-state index in [-0.39, 0.29) is 5.91 Å². The summed E-state index contributed by atoms with van der Waals surface area (Å²) in [5.74, 6) is 3.24. The van der Waals surface area contributed by atoms with Crippen LogP contribution in [0.25, 0.3) is 6.08 Å². The Balaban J connectivity index is 1.59. The van der Waals surface area contributed by atoms with Crippen LogP contribution in [0, 0.1) is 12.3 Å². The Hall–Kier alpha value is -3.20. The van der Waals surface area contributed by atoms with Crippen LogP contribution in [-0.4, -0.2) is 60.9 Å². The molecule has 0 bridgehead atoms. The molecule has 0 radical (unpaired) electrons. The van der Waals surface area contributed by atoms with Crippen molar-refractivity contribution in [3.05, 3.63) is 77.0 Å². The van der Waals surface area contributed by atoms with Crippen LogP contribution in [0.2, 0.25) is 0 Å². The molecule has 2 aromatic carbocycles. The van der Waals surface area contributed by atoms with Crippen molar-refractivity contribution in [3.63, 3.8) is 0 Å². The van der Waals surface area contributed by atoms with Crippen LogP contribution < -0.4 is 0 Å². The number of carbonyl (C=O) groups excluding carboxylic acids is 1. The van der Waals surface area contributed by atoms with Crippen molar-refractivity contribution in [2.45, 2.75) is 0 Å². The molecule has 146 valence electrons. The number of rotatable bonds is 5. The molecule has 29 heavy (non-hydrogen) atoms. The van der Waals surface area contributed by atoms with Crippen molar-refractivity contribution in [1.29, 1.82) is 0 Å². The van der Waals surface area contributed by atoms with Crippen LogP contribution >= 0.6 is 0 Å². The van der Waals surface area contributed by atoms with E-state index in [9.17, 15) is 4.79 Å². The standard InChI is InChI=1S/C24H23N3O2/c1-2-19-8-10-20(11-9-19)18-22-24(28)27(13-12-26-14-16-29-17-15-26)23(25-22)21-6-4-3-5-7-21/h1,3-11,18H,12-17H2. The van der Waals surface area contributed by atoms with Crippen molar-refractivity contribution in [3.8, 4) is 12.3 Å². The average Bonchev–Trinajstić information content (AvgIpc) is 3.09. The highest BCUT2D eigenvalue weighted by atomic mass is 16.5. The summed E-state index contributed by atoms with van der Waals surface area (Å²) in [4.78, 5) is 22.0. The van der Waals surface area contributed by atoms with E-state index in [0.717, 1.165) is 49.5 Å². The number of ether oxygens (including phenoxy) is 1. The monoisotopic (exact) mass is 385 g/mol. The molecule has 0 atom stereocenters. The van der Waals surface area contributed by atoms with Gasteiger partial charge in [0, 0.05) is 37.3 Å². The minimum absolute atomic E-state index is 0.0712. The molecule has 0 saturated carbocycles. The number of aliphatic imine (C=N–C) groups is 1. The number of hydrogen-bond acceptors (Lipinski definition) is 4. The van der Waals surface area contributed by atoms with Crippen LogP contribution in [0.4, 0.5) is 0 Å².